The molecule has 1 atom stereocenters. The number of hydrogen-bond acceptors (Lipinski definition) is 3. The Morgan fingerprint density at radius 3 is 2.75 bits per heavy atom. The Morgan fingerprint density at radius 2 is 2.12 bits per heavy atom. The molecule has 0 radical (unpaired) electrons. The van der Waals surface area contributed by atoms with Gasteiger partial charge in [-0.2, -0.15) is 0 Å². The molecule has 2 N–H and O–H groups in total. The van der Waals surface area contributed by atoms with E-state index < -0.39 is 0 Å². The van der Waals surface area contributed by atoms with Gasteiger partial charge in [0.15, 0.2) is 5.11 Å². The molecule has 1 aliphatic rings. The standard InChI is InChI=1S/C11H23N3OS/c1-10(9-14-6-3-4-7-14)13-11(16)12-5-8-15-2/h10H,3-9H2,1-2H3,(H2,12,13,16). The van der Waals surface area contributed by atoms with E-state index in [-0.39, 0.29) is 0 Å². The number of nitrogens with one attached hydrogen (secondary N) is 2. The zero-order valence-corrected chi connectivity index (χ0v) is 11.1. The third kappa shape index (κ3) is 5.63. The third-order valence-electron chi connectivity index (χ3n) is 2.70. The van der Waals surface area contributed by atoms with Crippen molar-refractivity contribution in [2.75, 3.05) is 39.9 Å². The summed E-state index contributed by atoms with van der Waals surface area (Å²) in [6.45, 7) is 7.15. The molecule has 16 heavy (non-hydrogen) atoms. The molecule has 0 aromatic carbocycles. The molecule has 1 rings (SSSR count). The molecule has 1 heterocycles. The average molecular weight is 245 g/mol. The summed E-state index contributed by atoms with van der Waals surface area (Å²) in [5, 5.41) is 7.13. The lowest BCUT2D eigenvalue weighted by molar-refractivity contribution is 0.203. The van der Waals surface area contributed by atoms with Gasteiger partial charge in [-0.3, -0.25) is 0 Å². The van der Waals surface area contributed by atoms with Crippen LogP contribution in [0.15, 0.2) is 0 Å². The van der Waals surface area contributed by atoms with E-state index in [0.29, 0.717) is 12.6 Å². The zero-order chi connectivity index (χ0) is 11.8. The van der Waals surface area contributed by atoms with Crippen LogP contribution in [0.1, 0.15) is 19.8 Å². The van der Waals surface area contributed by atoms with Gasteiger partial charge in [-0.15, -0.1) is 0 Å². The molecule has 0 aliphatic carbocycles. The van der Waals surface area contributed by atoms with E-state index in [1.54, 1.807) is 7.11 Å². The Hall–Kier alpha value is -0.390. The van der Waals surface area contributed by atoms with Crippen LogP contribution in [0.3, 0.4) is 0 Å². The van der Waals surface area contributed by atoms with Gasteiger partial charge in [0.2, 0.25) is 0 Å². The molecule has 5 heteroatoms. The van der Waals surface area contributed by atoms with Gasteiger partial charge in [0.25, 0.3) is 0 Å². The van der Waals surface area contributed by atoms with E-state index >= 15 is 0 Å². The molecule has 1 unspecified atom stereocenters. The van der Waals surface area contributed by atoms with Crippen molar-refractivity contribution in [3.05, 3.63) is 0 Å². The topological polar surface area (TPSA) is 36.5 Å². The van der Waals surface area contributed by atoms with Gasteiger partial charge in [0.1, 0.15) is 0 Å². The van der Waals surface area contributed by atoms with Gasteiger partial charge < -0.3 is 20.3 Å². The summed E-state index contributed by atoms with van der Waals surface area (Å²) in [5.41, 5.74) is 0. The maximum Gasteiger partial charge on any atom is 0.166 e. The number of thiocarbonyl (C=S) groups is 1. The first-order valence-electron chi connectivity index (χ1n) is 5.98. The van der Waals surface area contributed by atoms with Gasteiger partial charge in [0, 0.05) is 26.2 Å². The maximum absolute atomic E-state index is 5.19. The quantitative estimate of drug-likeness (QED) is 0.529. The van der Waals surface area contributed by atoms with Crippen LogP contribution in [0, 0.1) is 0 Å². The van der Waals surface area contributed by atoms with E-state index in [1.165, 1.54) is 25.9 Å². The Kier molecular flexibility index (Phi) is 6.68. The van der Waals surface area contributed by atoms with E-state index in [4.69, 9.17) is 17.0 Å². The van der Waals surface area contributed by atoms with Crippen LogP contribution in [0.5, 0.6) is 0 Å². The molecule has 94 valence electrons. The number of nitrogens with zero attached hydrogens (tertiary/aromatic N) is 1. The van der Waals surface area contributed by atoms with Crippen molar-refractivity contribution in [2.24, 2.45) is 0 Å². The van der Waals surface area contributed by atoms with Crippen molar-refractivity contribution >= 4 is 17.3 Å². The molecule has 0 spiro atoms. The zero-order valence-electron chi connectivity index (χ0n) is 10.3. The Morgan fingerprint density at radius 1 is 1.44 bits per heavy atom. The first-order valence-corrected chi connectivity index (χ1v) is 6.39. The van der Waals surface area contributed by atoms with Gasteiger partial charge in [-0.1, -0.05) is 0 Å². The normalized spacial score (nSPS) is 18.4. The number of likely N-dealkylation sites (tertiary alicyclic amines) is 1. The van der Waals surface area contributed by atoms with E-state index in [2.05, 4.69) is 22.5 Å². The minimum Gasteiger partial charge on any atom is -0.383 e. The molecule has 1 aliphatic heterocycles. The van der Waals surface area contributed by atoms with Crippen LogP contribution in [0.2, 0.25) is 0 Å². The third-order valence-corrected chi connectivity index (χ3v) is 2.96. The van der Waals surface area contributed by atoms with E-state index in [9.17, 15) is 0 Å². The molecular weight excluding hydrogens is 222 g/mol. The highest BCUT2D eigenvalue weighted by Gasteiger charge is 2.14. The monoisotopic (exact) mass is 245 g/mol. The predicted octanol–water partition coefficient (Wildman–Crippen LogP) is 0.581. The minimum atomic E-state index is 0.403. The summed E-state index contributed by atoms with van der Waals surface area (Å²) in [4.78, 5) is 2.48. The van der Waals surface area contributed by atoms with Crippen molar-refractivity contribution in [3.8, 4) is 0 Å². The van der Waals surface area contributed by atoms with Crippen molar-refractivity contribution in [2.45, 2.75) is 25.8 Å². The minimum absolute atomic E-state index is 0.403. The summed E-state index contributed by atoms with van der Waals surface area (Å²) >= 11 is 5.19. The second-order valence-corrected chi connectivity index (χ2v) is 4.71. The summed E-state index contributed by atoms with van der Waals surface area (Å²) in [7, 11) is 1.69. The fourth-order valence-corrected chi connectivity index (χ4v) is 2.24. The predicted molar refractivity (Wildman–Crippen MR) is 70.7 cm³/mol. The SMILES string of the molecule is COCCNC(=S)NC(C)CN1CCCC1. The number of methoxy groups -OCH3 is 1. The second-order valence-electron chi connectivity index (χ2n) is 4.30. The molecular formula is C11H23N3OS. The summed E-state index contributed by atoms with van der Waals surface area (Å²) in [6, 6.07) is 0.403. The van der Waals surface area contributed by atoms with Crippen molar-refractivity contribution in [1.82, 2.24) is 15.5 Å². The molecule has 0 bridgehead atoms. The Bertz CT molecular complexity index is 207. The molecule has 0 saturated carbocycles. The Balaban J connectivity index is 2.07. The van der Waals surface area contributed by atoms with Crippen LogP contribution >= 0.6 is 12.2 Å². The smallest absolute Gasteiger partial charge is 0.166 e. The Labute approximate surface area is 104 Å². The lowest BCUT2D eigenvalue weighted by Gasteiger charge is -2.22. The van der Waals surface area contributed by atoms with Gasteiger partial charge >= 0.3 is 0 Å². The molecule has 1 saturated heterocycles. The largest absolute Gasteiger partial charge is 0.383 e. The molecule has 0 aromatic rings. The first kappa shape index (κ1) is 13.7. The molecule has 4 nitrogen and oxygen atoms in total. The highest BCUT2D eigenvalue weighted by Crippen LogP contribution is 2.07. The molecule has 1 fully saturated rings. The van der Waals surface area contributed by atoms with Crippen molar-refractivity contribution in [1.29, 1.82) is 0 Å². The van der Waals surface area contributed by atoms with Crippen LogP contribution in [-0.2, 0) is 4.74 Å². The van der Waals surface area contributed by atoms with Crippen molar-refractivity contribution < 1.29 is 4.74 Å². The van der Waals surface area contributed by atoms with E-state index in [0.717, 1.165) is 18.2 Å². The van der Waals surface area contributed by atoms with Crippen LogP contribution in [0.4, 0.5) is 0 Å². The molecule has 0 aromatic heterocycles. The molecule has 0 amide bonds. The van der Waals surface area contributed by atoms with Crippen LogP contribution in [-0.4, -0.2) is 55.9 Å². The highest BCUT2D eigenvalue weighted by atomic mass is 32.1. The van der Waals surface area contributed by atoms with Gasteiger partial charge in [-0.05, 0) is 45.1 Å². The van der Waals surface area contributed by atoms with Gasteiger partial charge in [0.05, 0.1) is 6.61 Å². The van der Waals surface area contributed by atoms with Crippen LogP contribution < -0.4 is 10.6 Å². The number of hydrogen-bond donors (Lipinski definition) is 2. The fraction of sp³-hybridized carbons (Fsp3) is 0.909. The fourth-order valence-electron chi connectivity index (χ4n) is 1.94. The van der Waals surface area contributed by atoms with Crippen LogP contribution in [0.25, 0.3) is 0 Å². The summed E-state index contributed by atoms with van der Waals surface area (Å²) in [5.74, 6) is 0. The van der Waals surface area contributed by atoms with E-state index in [1.807, 2.05) is 0 Å². The highest BCUT2D eigenvalue weighted by molar-refractivity contribution is 7.80. The number of ether oxygens (including phenoxy) is 1. The van der Waals surface area contributed by atoms with Gasteiger partial charge in [-0.25, -0.2) is 0 Å². The lowest BCUT2D eigenvalue weighted by atomic mass is 10.3. The summed E-state index contributed by atoms with van der Waals surface area (Å²) < 4.78 is 4.95. The maximum atomic E-state index is 5.19. The summed E-state index contributed by atoms with van der Waals surface area (Å²) in [6.07, 6.45) is 2.67. The number of rotatable bonds is 6. The first-order chi connectivity index (χ1) is 7.72. The van der Waals surface area contributed by atoms with Crippen molar-refractivity contribution in [3.63, 3.8) is 0 Å². The average Bonchev–Trinajstić information content (AvgIpc) is 2.70. The lowest BCUT2D eigenvalue weighted by Crippen LogP contribution is -2.46. The second kappa shape index (κ2) is 7.81.